The van der Waals surface area contributed by atoms with Gasteiger partial charge in [-0.25, -0.2) is 4.68 Å². The molecule has 0 saturated heterocycles. The van der Waals surface area contributed by atoms with E-state index in [0.29, 0.717) is 18.8 Å². The normalized spacial score (nSPS) is 13.0. The molecule has 26 heavy (non-hydrogen) atoms. The molecule has 138 valence electrons. The van der Waals surface area contributed by atoms with E-state index in [4.69, 9.17) is 5.11 Å². The maximum absolute atomic E-state index is 12.7. The van der Waals surface area contributed by atoms with Gasteiger partial charge >= 0.3 is 0 Å². The van der Waals surface area contributed by atoms with E-state index in [0.717, 1.165) is 17.7 Å². The highest BCUT2D eigenvalue weighted by molar-refractivity contribution is 6.05. The van der Waals surface area contributed by atoms with Crippen LogP contribution in [0.4, 0.5) is 11.4 Å². The number of carbonyl (C=O) groups excluding carboxylic acids is 2. The molecule has 1 aromatic heterocycles. The summed E-state index contributed by atoms with van der Waals surface area (Å²) in [5.74, 6) is -0.236. The second kappa shape index (κ2) is 7.58. The van der Waals surface area contributed by atoms with E-state index < -0.39 is 0 Å². The van der Waals surface area contributed by atoms with Crippen LogP contribution in [0.25, 0.3) is 0 Å². The van der Waals surface area contributed by atoms with Crippen molar-refractivity contribution in [3.8, 4) is 0 Å². The fourth-order valence-corrected chi connectivity index (χ4v) is 2.86. The van der Waals surface area contributed by atoms with Gasteiger partial charge in [0.05, 0.1) is 13.2 Å². The van der Waals surface area contributed by atoms with Crippen LogP contribution in [0.2, 0.25) is 0 Å². The topological polar surface area (TPSA) is 116 Å². The largest absolute Gasteiger partial charge is 0.395 e. The Balaban J connectivity index is 1.80. The minimum absolute atomic E-state index is 0.0240. The number of hydrogen-bond acceptors (Lipinski definition) is 7. The van der Waals surface area contributed by atoms with Gasteiger partial charge in [0.15, 0.2) is 0 Å². The summed E-state index contributed by atoms with van der Waals surface area (Å²) in [5, 5.41) is 22.6. The van der Waals surface area contributed by atoms with Crippen molar-refractivity contribution in [2.45, 2.75) is 6.42 Å². The Bertz CT molecular complexity index is 820. The zero-order valence-electron chi connectivity index (χ0n) is 14.7. The van der Waals surface area contributed by atoms with E-state index >= 15 is 0 Å². The van der Waals surface area contributed by atoms with Crippen molar-refractivity contribution < 1.29 is 14.7 Å². The highest BCUT2D eigenvalue weighted by Gasteiger charge is 2.29. The lowest BCUT2D eigenvalue weighted by Crippen LogP contribution is -2.36. The third-order valence-electron chi connectivity index (χ3n) is 4.35. The molecule has 0 unspecified atom stereocenters. The molecule has 0 bridgehead atoms. The number of aliphatic hydroxyl groups excluding tert-OH is 1. The Labute approximate surface area is 150 Å². The molecule has 1 aliphatic heterocycles. The van der Waals surface area contributed by atoms with Crippen molar-refractivity contribution >= 4 is 23.2 Å². The van der Waals surface area contributed by atoms with Crippen molar-refractivity contribution in [2.75, 3.05) is 43.1 Å². The van der Waals surface area contributed by atoms with E-state index in [1.807, 2.05) is 18.2 Å². The number of rotatable bonds is 6. The molecule has 1 aliphatic rings. The number of nitrogens with one attached hydrogen (secondary N) is 1. The van der Waals surface area contributed by atoms with Crippen molar-refractivity contribution in [1.29, 1.82) is 0 Å². The first-order valence-electron chi connectivity index (χ1n) is 8.28. The van der Waals surface area contributed by atoms with Gasteiger partial charge in [-0.15, -0.1) is 5.10 Å². The Morgan fingerprint density at radius 1 is 1.38 bits per heavy atom. The molecule has 2 aromatic rings. The predicted molar refractivity (Wildman–Crippen MR) is 94.0 cm³/mol. The Kier molecular flexibility index (Phi) is 5.24. The van der Waals surface area contributed by atoms with Crippen LogP contribution in [0.15, 0.2) is 18.2 Å². The lowest BCUT2D eigenvalue weighted by Gasteiger charge is -2.21. The molecule has 0 radical (unpaired) electrons. The molecule has 2 amide bonds. The number of tetrazole rings is 1. The average Bonchev–Trinajstić information content (AvgIpc) is 3.26. The van der Waals surface area contributed by atoms with Crippen LogP contribution in [0.3, 0.4) is 0 Å². The molecule has 0 saturated carbocycles. The summed E-state index contributed by atoms with van der Waals surface area (Å²) >= 11 is 0. The number of anilines is 2. The van der Waals surface area contributed by atoms with Crippen LogP contribution in [0.5, 0.6) is 0 Å². The van der Waals surface area contributed by atoms with Crippen LogP contribution in [-0.4, -0.2) is 70.4 Å². The van der Waals surface area contributed by atoms with Crippen molar-refractivity contribution in [1.82, 2.24) is 25.5 Å². The van der Waals surface area contributed by atoms with Crippen molar-refractivity contribution in [3.63, 3.8) is 0 Å². The molecule has 2 heterocycles. The summed E-state index contributed by atoms with van der Waals surface area (Å²) in [7, 11) is 3.30. The Hall–Kier alpha value is -2.85. The first-order chi connectivity index (χ1) is 12.5. The van der Waals surface area contributed by atoms with E-state index in [9.17, 15) is 9.59 Å². The van der Waals surface area contributed by atoms with Crippen LogP contribution in [0, 0.1) is 0 Å². The number of benzene rings is 1. The zero-order chi connectivity index (χ0) is 18.7. The fraction of sp³-hybridized carbons (Fsp3) is 0.438. The van der Waals surface area contributed by atoms with Crippen LogP contribution in [0.1, 0.15) is 16.2 Å². The summed E-state index contributed by atoms with van der Waals surface area (Å²) in [6.45, 7) is 1.00. The highest BCUT2D eigenvalue weighted by atomic mass is 16.3. The maximum Gasteiger partial charge on any atom is 0.297 e. The number of fused-ring (bicyclic) bond motifs is 1. The molecule has 1 aromatic carbocycles. The Morgan fingerprint density at radius 3 is 2.88 bits per heavy atom. The van der Waals surface area contributed by atoms with Gasteiger partial charge in [-0.05, 0) is 34.5 Å². The SMILES string of the molecule is CN(C(=O)CNCCO)c1ccc2c(c1)N(C(=O)c1nnnn1C)CC2. The molecular formula is C16H21N7O3. The highest BCUT2D eigenvalue weighted by Crippen LogP contribution is 2.32. The average molecular weight is 359 g/mol. The van der Waals surface area contributed by atoms with Crippen LogP contribution < -0.4 is 15.1 Å². The molecule has 10 nitrogen and oxygen atoms in total. The fourth-order valence-electron chi connectivity index (χ4n) is 2.86. The first-order valence-corrected chi connectivity index (χ1v) is 8.28. The number of aliphatic hydroxyl groups is 1. The van der Waals surface area contributed by atoms with Gasteiger partial charge < -0.3 is 20.2 Å². The molecule has 10 heteroatoms. The smallest absolute Gasteiger partial charge is 0.297 e. The molecule has 3 rings (SSSR count). The number of aryl methyl sites for hydroxylation is 1. The summed E-state index contributed by atoms with van der Waals surface area (Å²) < 4.78 is 1.34. The zero-order valence-corrected chi connectivity index (χ0v) is 14.7. The summed E-state index contributed by atoms with van der Waals surface area (Å²) in [4.78, 5) is 28.1. The first kappa shape index (κ1) is 18.0. The molecule has 0 spiro atoms. The van der Waals surface area contributed by atoms with Crippen molar-refractivity contribution in [2.24, 2.45) is 7.05 Å². The lowest BCUT2D eigenvalue weighted by atomic mass is 10.1. The molecule has 0 aliphatic carbocycles. The van der Waals surface area contributed by atoms with E-state index in [-0.39, 0.29) is 30.8 Å². The van der Waals surface area contributed by atoms with E-state index in [1.54, 1.807) is 19.0 Å². The second-order valence-corrected chi connectivity index (χ2v) is 6.00. The third-order valence-corrected chi connectivity index (χ3v) is 4.35. The Morgan fingerprint density at radius 2 is 2.19 bits per heavy atom. The van der Waals surface area contributed by atoms with Crippen molar-refractivity contribution in [3.05, 3.63) is 29.6 Å². The number of aromatic nitrogens is 4. The van der Waals surface area contributed by atoms with E-state index in [2.05, 4.69) is 20.8 Å². The molecular weight excluding hydrogens is 338 g/mol. The van der Waals surface area contributed by atoms with Crippen LogP contribution in [-0.2, 0) is 18.3 Å². The van der Waals surface area contributed by atoms with Gasteiger partial charge in [0.1, 0.15) is 0 Å². The van der Waals surface area contributed by atoms with Gasteiger partial charge in [0.2, 0.25) is 11.7 Å². The van der Waals surface area contributed by atoms with Gasteiger partial charge in [-0.1, -0.05) is 6.07 Å². The quantitative estimate of drug-likeness (QED) is 0.633. The number of amides is 2. The monoisotopic (exact) mass is 359 g/mol. The van der Waals surface area contributed by atoms with Gasteiger partial charge in [-0.2, -0.15) is 0 Å². The third kappa shape index (κ3) is 3.41. The number of carbonyl (C=O) groups is 2. The maximum atomic E-state index is 12.7. The number of nitrogens with zero attached hydrogens (tertiary/aromatic N) is 6. The van der Waals surface area contributed by atoms with E-state index in [1.165, 1.54) is 9.58 Å². The summed E-state index contributed by atoms with van der Waals surface area (Å²) in [6.07, 6.45) is 0.738. The minimum atomic E-state index is -0.271. The minimum Gasteiger partial charge on any atom is -0.395 e. The molecule has 2 N–H and O–H groups in total. The summed E-state index contributed by atoms with van der Waals surface area (Å²) in [5.41, 5.74) is 2.49. The number of hydrogen-bond donors (Lipinski definition) is 2. The van der Waals surface area contributed by atoms with Gasteiger partial charge in [0, 0.05) is 38.6 Å². The second-order valence-electron chi connectivity index (χ2n) is 6.00. The summed E-state index contributed by atoms with van der Waals surface area (Å²) in [6, 6.07) is 5.62. The lowest BCUT2D eigenvalue weighted by molar-refractivity contribution is -0.117. The molecule has 0 atom stereocenters. The molecule has 0 fully saturated rings. The van der Waals surface area contributed by atoms with Gasteiger partial charge in [-0.3, -0.25) is 9.59 Å². The predicted octanol–water partition coefficient (Wildman–Crippen LogP) is -1.04. The standard InChI is InChI=1S/C16H21N7O3/c1-21(14(25)10-17-6-8-24)12-4-3-11-5-7-23(13(11)9-12)16(26)15-18-19-20-22(15)2/h3-4,9,17,24H,5-8,10H2,1-2H3. The van der Waals surface area contributed by atoms with Gasteiger partial charge in [0.25, 0.3) is 5.91 Å². The van der Waals surface area contributed by atoms with Crippen LogP contribution >= 0.6 is 0 Å². The number of likely N-dealkylation sites (N-methyl/N-ethyl adjacent to an activating group) is 1.